The number of nitrogens with one attached hydrogen (secondary N) is 2. The molecule has 0 spiro atoms. The van der Waals surface area contributed by atoms with Gasteiger partial charge in [-0.25, -0.2) is 5.84 Å². The van der Waals surface area contributed by atoms with Crippen molar-refractivity contribution >= 4 is 23.0 Å². The quantitative estimate of drug-likeness (QED) is 0.195. The van der Waals surface area contributed by atoms with E-state index in [0.29, 0.717) is 33.9 Å². The van der Waals surface area contributed by atoms with Gasteiger partial charge in [-0.3, -0.25) is 9.80 Å². The van der Waals surface area contributed by atoms with Gasteiger partial charge in [-0.05, 0) is 47.7 Å². The Morgan fingerprint density at radius 2 is 1.94 bits per heavy atom. The van der Waals surface area contributed by atoms with E-state index in [9.17, 15) is 9.90 Å². The van der Waals surface area contributed by atoms with Crippen molar-refractivity contribution in [3.63, 3.8) is 0 Å². The van der Waals surface area contributed by atoms with Crippen molar-refractivity contribution in [3.8, 4) is 5.75 Å². The van der Waals surface area contributed by atoms with Crippen LogP contribution in [0.4, 0.5) is 11.4 Å². The molecule has 0 unspecified atom stereocenters. The Bertz CT molecular complexity index is 1300. The van der Waals surface area contributed by atoms with E-state index >= 15 is 0 Å². The van der Waals surface area contributed by atoms with Gasteiger partial charge in [-0.15, -0.1) is 4.68 Å². The molecule has 1 aromatic heterocycles. The van der Waals surface area contributed by atoms with Crippen LogP contribution < -0.4 is 31.3 Å². The molecule has 0 bridgehead atoms. The molecule has 0 aliphatic carbocycles. The van der Waals surface area contributed by atoms with Crippen LogP contribution in [-0.2, 0) is 19.1 Å². The summed E-state index contributed by atoms with van der Waals surface area (Å²) in [5.41, 5.74) is 12.4. The summed E-state index contributed by atoms with van der Waals surface area (Å²) in [6.07, 6.45) is 3.44. The van der Waals surface area contributed by atoms with E-state index in [1.54, 1.807) is 18.3 Å². The molecule has 1 amide bonds. The lowest BCUT2D eigenvalue weighted by molar-refractivity contribution is -0.732. The SMILES string of the molecule is COc1c(CO)cc(C(C)(C)C)cc1NC(=O)c1ccc(C)c(N(N)C=C(N)c2c[nH][n+](C)c2C)c1. The van der Waals surface area contributed by atoms with Gasteiger partial charge >= 0.3 is 0 Å². The fourth-order valence-corrected chi connectivity index (χ4v) is 3.92. The molecule has 192 valence electrons. The Morgan fingerprint density at radius 3 is 2.50 bits per heavy atom. The number of carbonyl (C=O) groups is 1. The number of benzene rings is 2. The number of methoxy groups -OCH3 is 1. The van der Waals surface area contributed by atoms with Gasteiger partial charge in [0.1, 0.15) is 5.75 Å². The molecule has 1 heterocycles. The molecule has 0 saturated carbocycles. The van der Waals surface area contributed by atoms with Crippen molar-refractivity contribution in [2.45, 2.75) is 46.6 Å². The molecule has 0 saturated heterocycles. The molecular weight excluding hydrogens is 456 g/mol. The standard InChI is InChI=1S/C27H36N6O3/c1-16-8-9-18(11-24(16)33(29)14-22(28)21-13-30-32(6)17(21)2)26(35)31-23-12-20(27(3,4)5)10-19(15-34)25(23)36-7/h8-14,34H,15,28-29H2,1-7H3,(H,31,35)/p+1. The highest BCUT2D eigenvalue weighted by Gasteiger charge is 2.21. The number of carbonyl (C=O) groups excluding carboxylic acids is 1. The number of aryl methyl sites for hydroxylation is 2. The van der Waals surface area contributed by atoms with Gasteiger partial charge in [-0.2, -0.15) is 5.10 Å². The van der Waals surface area contributed by atoms with Crippen LogP contribution in [0.3, 0.4) is 0 Å². The van der Waals surface area contributed by atoms with Crippen molar-refractivity contribution in [1.29, 1.82) is 0 Å². The number of aliphatic hydroxyl groups excluding tert-OH is 1. The van der Waals surface area contributed by atoms with E-state index in [1.807, 2.05) is 50.0 Å². The van der Waals surface area contributed by atoms with E-state index in [2.05, 4.69) is 31.2 Å². The Hall–Kier alpha value is -3.82. The number of rotatable bonds is 7. The van der Waals surface area contributed by atoms with Crippen molar-refractivity contribution in [1.82, 2.24) is 5.10 Å². The summed E-state index contributed by atoms with van der Waals surface area (Å²) in [6, 6.07) is 9.05. The van der Waals surface area contributed by atoms with Gasteiger partial charge in [-0.1, -0.05) is 26.8 Å². The molecule has 0 aliphatic heterocycles. The number of hydrogen-bond acceptors (Lipinski definition) is 6. The first-order valence-electron chi connectivity index (χ1n) is 11.7. The third kappa shape index (κ3) is 5.53. The van der Waals surface area contributed by atoms with E-state index in [-0.39, 0.29) is 17.9 Å². The smallest absolute Gasteiger partial charge is 0.255 e. The van der Waals surface area contributed by atoms with Crippen LogP contribution in [0.15, 0.2) is 42.7 Å². The van der Waals surface area contributed by atoms with Crippen LogP contribution in [0.1, 0.15) is 59.1 Å². The lowest BCUT2D eigenvalue weighted by Gasteiger charge is -2.23. The van der Waals surface area contributed by atoms with Gasteiger partial charge < -0.3 is 20.9 Å². The summed E-state index contributed by atoms with van der Waals surface area (Å²) >= 11 is 0. The summed E-state index contributed by atoms with van der Waals surface area (Å²) in [4.78, 5) is 13.3. The fraction of sp³-hybridized carbons (Fsp3) is 0.333. The maximum atomic E-state index is 13.3. The number of nitrogens with zero attached hydrogens (tertiary/aromatic N) is 2. The summed E-state index contributed by atoms with van der Waals surface area (Å²) in [7, 11) is 3.41. The minimum absolute atomic E-state index is 0.187. The number of aliphatic hydroxyl groups is 1. The van der Waals surface area contributed by atoms with E-state index < -0.39 is 0 Å². The summed E-state index contributed by atoms with van der Waals surface area (Å²) < 4.78 is 7.38. The first-order chi connectivity index (χ1) is 16.9. The second kappa shape index (κ2) is 10.4. The average molecular weight is 494 g/mol. The third-order valence-electron chi connectivity index (χ3n) is 6.29. The first-order valence-corrected chi connectivity index (χ1v) is 11.7. The number of hydrazine groups is 1. The normalized spacial score (nSPS) is 12.0. The number of anilines is 2. The number of H-pyrrole nitrogens is 1. The van der Waals surface area contributed by atoms with Gasteiger partial charge in [0.05, 0.1) is 42.5 Å². The second-order valence-electron chi connectivity index (χ2n) is 9.90. The number of ether oxygens (including phenoxy) is 1. The van der Waals surface area contributed by atoms with Crippen LogP contribution in [0.5, 0.6) is 5.75 Å². The molecule has 7 N–H and O–H groups in total. The van der Waals surface area contributed by atoms with Gasteiger partial charge in [0, 0.05) is 24.3 Å². The molecule has 0 fully saturated rings. The minimum atomic E-state index is -0.330. The summed E-state index contributed by atoms with van der Waals surface area (Å²) in [5, 5.41) is 17.3. The van der Waals surface area contributed by atoms with E-state index in [1.165, 1.54) is 12.1 Å². The molecule has 2 aromatic carbocycles. The van der Waals surface area contributed by atoms with Gasteiger partial charge in [0.2, 0.25) is 5.69 Å². The summed E-state index contributed by atoms with van der Waals surface area (Å²) in [5.74, 6) is 6.44. The number of aromatic amines is 1. The van der Waals surface area contributed by atoms with Crippen LogP contribution in [0, 0.1) is 13.8 Å². The lowest BCUT2D eigenvalue weighted by Crippen LogP contribution is -2.33. The van der Waals surface area contributed by atoms with Crippen LogP contribution in [0.2, 0.25) is 0 Å². The molecule has 36 heavy (non-hydrogen) atoms. The van der Waals surface area contributed by atoms with E-state index in [0.717, 1.165) is 22.4 Å². The van der Waals surface area contributed by atoms with Crippen LogP contribution in [0.25, 0.3) is 5.70 Å². The van der Waals surface area contributed by atoms with E-state index in [4.69, 9.17) is 16.3 Å². The zero-order valence-electron chi connectivity index (χ0n) is 22.1. The molecule has 9 heteroatoms. The van der Waals surface area contributed by atoms with Crippen LogP contribution >= 0.6 is 0 Å². The number of aromatic nitrogens is 2. The Balaban J connectivity index is 1.94. The molecule has 0 atom stereocenters. The van der Waals surface area contributed by atoms with Crippen molar-refractivity contribution in [2.24, 2.45) is 18.6 Å². The highest BCUT2D eigenvalue weighted by Crippen LogP contribution is 2.36. The second-order valence-corrected chi connectivity index (χ2v) is 9.90. The average Bonchev–Trinajstić information content (AvgIpc) is 3.16. The number of nitrogens with two attached hydrogens (primary N) is 2. The topological polar surface area (TPSA) is 134 Å². The fourth-order valence-electron chi connectivity index (χ4n) is 3.92. The zero-order valence-corrected chi connectivity index (χ0v) is 22.1. The lowest BCUT2D eigenvalue weighted by atomic mass is 9.85. The number of hydrogen-bond donors (Lipinski definition) is 5. The van der Waals surface area contributed by atoms with Crippen molar-refractivity contribution in [2.75, 3.05) is 17.4 Å². The van der Waals surface area contributed by atoms with Gasteiger partial charge in [0.25, 0.3) is 5.91 Å². The highest BCUT2D eigenvalue weighted by molar-refractivity contribution is 6.06. The predicted molar refractivity (Wildman–Crippen MR) is 142 cm³/mol. The number of amides is 1. The minimum Gasteiger partial charge on any atom is -0.494 e. The van der Waals surface area contributed by atoms with Gasteiger partial charge in [0.15, 0.2) is 7.05 Å². The van der Waals surface area contributed by atoms with Crippen LogP contribution in [-0.4, -0.2) is 23.2 Å². The molecule has 9 nitrogen and oxygen atoms in total. The van der Waals surface area contributed by atoms with Crippen molar-refractivity contribution in [3.05, 3.63) is 76.2 Å². The maximum absolute atomic E-state index is 13.3. The largest absolute Gasteiger partial charge is 0.494 e. The Morgan fingerprint density at radius 1 is 1.25 bits per heavy atom. The maximum Gasteiger partial charge on any atom is 0.255 e. The molecule has 0 radical (unpaired) electrons. The first kappa shape index (κ1) is 26.8. The third-order valence-corrected chi connectivity index (χ3v) is 6.29. The molecule has 0 aliphatic rings. The Kier molecular flexibility index (Phi) is 7.76. The summed E-state index contributed by atoms with van der Waals surface area (Å²) in [6.45, 7) is 9.85. The molecular formula is C27H37N6O3+. The monoisotopic (exact) mass is 493 g/mol. The van der Waals surface area contributed by atoms with Crippen molar-refractivity contribution < 1.29 is 19.3 Å². The Labute approximate surface area is 212 Å². The predicted octanol–water partition coefficient (Wildman–Crippen LogP) is 3.14. The molecule has 3 aromatic rings. The molecule has 3 rings (SSSR count). The zero-order chi connectivity index (χ0) is 26.8. The highest BCUT2D eigenvalue weighted by atomic mass is 16.5.